The van der Waals surface area contributed by atoms with Crippen molar-refractivity contribution in [2.45, 2.75) is 49.6 Å². The van der Waals surface area contributed by atoms with Gasteiger partial charge in [-0.15, -0.1) is 0 Å². The maximum Gasteiger partial charge on any atom is 0.420 e. The second-order valence-electron chi connectivity index (χ2n) is 5.93. The van der Waals surface area contributed by atoms with E-state index in [9.17, 15) is 18.0 Å². The molecule has 1 heterocycles. The van der Waals surface area contributed by atoms with Crippen LogP contribution in [0.2, 0.25) is 0 Å². The zero-order valence-corrected chi connectivity index (χ0v) is 13.7. The van der Waals surface area contributed by atoms with E-state index in [1.807, 2.05) is 0 Å². The van der Waals surface area contributed by atoms with Gasteiger partial charge in [-0.2, -0.15) is 0 Å². The van der Waals surface area contributed by atoms with Crippen LogP contribution in [-0.2, 0) is 21.4 Å². The highest BCUT2D eigenvalue weighted by atomic mass is 32.2. The Bertz CT molecular complexity index is 921. The number of nitrogens with zero attached hydrogens (tertiary/aromatic N) is 1. The molecule has 0 saturated heterocycles. The Kier molecular flexibility index (Phi) is 4.46. The third-order valence-electron chi connectivity index (χ3n) is 4.17. The summed E-state index contributed by atoms with van der Waals surface area (Å²) in [5.74, 6) is -2.02. The summed E-state index contributed by atoms with van der Waals surface area (Å²) >= 11 is 0. The highest BCUT2D eigenvalue weighted by Gasteiger charge is 2.23. The molecule has 8 nitrogen and oxygen atoms in total. The van der Waals surface area contributed by atoms with Crippen molar-refractivity contribution < 1.29 is 22.7 Å². The van der Waals surface area contributed by atoms with Gasteiger partial charge >= 0.3 is 11.7 Å². The lowest BCUT2D eigenvalue weighted by Crippen LogP contribution is -2.36. The highest BCUT2D eigenvalue weighted by molar-refractivity contribution is 7.89. The molecular weight excluding hydrogens is 336 g/mol. The van der Waals surface area contributed by atoms with Crippen LogP contribution in [0.1, 0.15) is 32.1 Å². The third kappa shape index (κ3) is 3.36. The summed E-state index contributed by atoms with van der Waals surface area (Å²) in [6.45, 7) is -0.543. The summed E-state index contributed by atoms with van der Waals surface area (Å²) < 4.78 is 33.6. The summed E-state index contributed by atoms with van der Waals surface area (Å²) in [5, 5.41) is 8.83. The van der Waals surface area contributed by atoms with E-state index in [-0.39, 0.29) is 22.0 Å². The molecule has 3 rings (SSSR count). The zero-order chi connectivity index (χ0) is 17.3. The van der Waals surface area contributed by atoms with Gasteiger partial charge in [-0.3, -0.25) is 9.36 Å². The van der Waals surface area contributed by atoms with E-state index in [1.165, 1.54) is 18.2 Å². The van der Waals surface area contributed by atoms with Gasteiger partial charge < -0.3 is 9.52 Å². The van der Waals surface area contributed by atoms with Crippen molar-refractivity contribution in [2.75, 3.05) is 0 Å². The fraction of sp³-hybridized carbons (Fsp3) is 0.467. The number of nitrogens with one attached hydrogen (secondary N) is 1. The first-order valence-electron chi connectivity index (χ1n) is 7.74. The minimum Gasteiger partial charge on any atom is -0.480 e. The Labute approximate surface area is 138 Å². The van der Waals surface area contributed by atoms with Gasteiger partial charge in [0.1, 0.15) is 6.54 Å². The fourth-order valence-electron chi connectivity index (χ4n) is 3.01. The Balaban J connectivity index is 1.92. The van der Waals surface area contributed by atoms with E-state index in [0.717, 1.165) is 36.7 Å². The summed E-state index contributed by atoms with van der Waals surface area (Å²) in [5.41, 5.74) is 0.298. The second kappa shape index (κ2) is 6.40. The van der Waals surface area contributed by atoms with Crippen molar-refractivity contribution in [1.29, 1.82) is 0 Å². The predicted octanol–water partition coefficient (Wildman–Crippen LogP) is 1.29. The molecule has 1 aromatic carbocycles. The van der Waals surface area contributed by atoms with Gasteiger partial charge in [-0.25, -0.2) is 17.9 Å². The molecule has 0 spiro atoms. The first kappa shape index (κ1) is 16.7. The molecular formula is C15H18N2O6S. The molecule has 2 N–H and O–H groups in total. The number of fused-ring (bicyclic) bond motifs is 1. The van der Waals surface area contributed by atoms with Crippen molar-refractivity contribution >= 4 is 27.1 Å². The van der Waals surface area contributed by atoms with Crippen LogP contribution >= 0.6 is 0 Å². The standard InChI is InChI=1S/C15H18N2O6S/c18-14(19)9-17-12-7-6-11(8-13(12)23-15(17)20)24(21,22)16-10-4-2-1-3-5-10/h6-8,10,16H,1-5,9H2,(H,18,19). The van der Waals surface area contributed by atoms with E-state index < -0.39 is 28.3 Å². The molecule has 1 aliphatic carbocycles. The average molecular weight is 354 g/mol. The van der Waals surface area contributed by atoms with Crippen LogP contribution in [0.15, 0.2) is 32.3 Å². The summed E-state index contributed by atoms with van der Waals surface area (Å²) in [4.78, 5) is 22.5. The van der Waals surface area contributed by atoms with Crippen molar-refractivity contribution in [3.63, 3.8) is 0 Å². The topological polar surface area (TPSA) is 119 Å². The predicted molar refractivity (Wildman–Crippen MR) is 85.3 cm³/mol. The summed E-state index contributed by atoms with van der Waals surface area (Å²) in [6, 6.07) is 3.91. The molecule has 24 heavy (non-hydrogen) atoms. The lowest BCUT2D eigenvalue weighted by atomic mass is 9.96. The first-order valence-corrected chi connectivity index (χ1v) is 9.23. The van der Waals surface area contributed by atoms with Gasteiger partial charge in [0.25, 0.3) is 0 Å². The Morgan fingerprint density at radius 2 is 2.00 bits per heavy atom. The maximum atomic E-state index is 12.5. The molecule has 1 saturated carbocycles. The van der Waals surface area contributed by atoms with E-state index >= 15 is 0 Å². The summed E-state index contributed by atoms with van der Waals surface area (Å²) in [6.07, 6.45) is 4.74. The van der Waals surface area contributed by atoms with Gasteiger partial charge in [0, 0.05) is 12.1 Å². The van der Waals surface area contributed by atoms with E-state index in [2.05, 4.69) is 4.72 Å². The van der Waals surface area contributed by atoms with Crippen LogP contribution in [0.4, 0.5) is 0 Å². The van der Waals surface area contributed by atoms with E-state index in [0.29, 0.717) is 0 Å². The number of hydrogen-bond acceptors (Lipinski definition) is 5. The molecule has 130 valence electrons. The van der Waals surface area contributed by atoms with Crippen molar-refractivity contribution in [2.24, 2.45) is 0 Å². The number of hydrogen-bond donors (Lipinski definition) is 2. The van der Waals surface area contributed by atoms with Crippen LogP contribution in [0.5, 0.6) is 0 Å². The normalized spacial score (nSPS) is 16.5. The number of aromatic nitrogens is 1. The molecule has 0 aliphatic heterocycles. The number of rotatable bonds is 5. The molecule has 1 aromatic heterocycles. The molecule has 9 heteroatoms. The van der Waals surface area contributed by atoms with Crippen LogP contribution in [-0.4, -0.2) is 30.1 Å². The average Bonchev–Trinajstić information content (AvgIpc) is 2.82. The summed E-state index contributed by atoms with van der Waals surface area (Å²) in [7, 11) is -3.72. The fourth-order valence-corrected chi connectivity index (χ4v) is 4.33. The SMILES string of the molecule is O=C(O)Cn1c(=O)oc2cc(S(=O)(=O)NC3CCCCC3)ccc21. The number of carboxylic acid groups (broad SMARTS) is 1. The lowest BCUT2D eigenvalue weighted by Gasteiger charge is -2.22. The third-order valence-corrected chi connectivity index (χ3v) is 5.69. The Hall–Kier alpha value is -2.13. The minimum atomic E-state index is -3.72. The van der Waals surface area contributed by atoms with Crippen molar-refractivity contribution in [3.05, 3.63) is 28.7 Å². The Morgan fingerprint density at radius 3 is 2.67 bits per heavy atom. The number of benzene rings is 1. The van der Waals surface area contributed by atoms with E-state index in [4.69, 9.17) is 9.52 Å². The van der Waals surface area contributed by atoms with Crippen LogP contribution in [0.3, 0.4) is 0 Å². The highest BCUT2D eigenvalue weighted by Crippen LogP contribution is 2.22. The van der Waals surface area contributed by atoms with Crippen LogP contribution in [0.25, 0.3) is 11.1 Å². The quantitative estimate of drug-likeness (QED) is 0.835. The maximum absolute atomic E-state index is 12.5. The number of carbonyl (C=O) groups is 1. The van der Waals surface area contributed by atoms with Crippen LogP contribution in [0, 0.1) is 0 Å². The van der Waals surface area contributed by atoms with Crippen LogP contribution < -0.4 is 10.5 Å². The molecule has 0 radical (unpaired) electrons. The van der Waals surface area contributed by atoms with Crippen molar-refractivity contribution in [3.8, 4) is 0 Å². The van der Waals surface area contributed by atoms with Gasteiger partial charge in [0.15, 0.2) is 5.58 Å². The largest absolute Gasteiger partial charge is 0.480 e. The number of aliphatic carboxylic acids is 1. The lowest BCUT2D eigenvalue weighted by molar-refractivity contribution is -0.137. The zero-order valence-electron chi connectivity index (χ0n) is 12.9. The second-order valence-corrected chi connectivity index (χ2v) is 7.65. The minimum absolute atomic E-state index is 0.00296. The number of oxazole rings is 1. The van der Waals surface area contributed by atoms with Gasteiger partial charge in [0.05, 0.1) is 10.4 Å². The van der Waals surface area contributed by atoms with E-state index in [1.54, 1.807) is 0 Å². The number of carboxylic acids is 1. The first-order chi connectivity index (χ1) is 11.4. The number of sulfonamides is 1. The smallest absolute Gasteiger partial charge is 0.420 e. The molecule has 0 bridgehead atoms. The molecule has 0 amide bonds. The van der Waals surface area contributed by atoms with Gasteiger partial charge in [-0.1, -0.05) is 19.3 Å². The molecule has 0 unspecified atom stereocenters. The molecule has 1 fully saturated rings. The van der Waals surface area contributed by atoms with Gasteiger partial charge in [0.2, 0.25) is 10.0 Å². The van der Waals surface area contributed by atoms with Gasteiger partial charge in [-0.05, 0) is 25.0 Å². The molecule has 1 aliphatic rings. The van der Waals surface area contributed by atoms with Crippen molar-refractivity contribution in [1.82, 2.24) is 9.29 Å². The monoisotopic (exact) mass is 354 g/mol. The molecule has 0 atom stereocenters. The Morgan fingerprint density at radius 1 is 1.29 bits per heavy atom. The molecule has 2 aromatic rings.